The Morgan fingerprint density at radius 3 is 2.47 bits per heavy atom. The van der Waals surface area contributed by atoms with Crippen LogP contribution in [0.3, 0.4) is 0 Å². The van der Waals surface area contributed by atoms with Crippen LogP contribution in [0.25, 0.3) is 0 Å². The Bertz CT molecular complexity index is 1240. The Balaban J connectivity index is 1.50. The summed E-state index contributed by atoms with van der Waals surface area (Å²) in [6.45, 7) is 2.67. The van der Waals surface area contributed by atoms with Crippen LogP contribution in [0.5, 0.6) is 0 Å². The number of para-hydroxylation sites is 1. The van der Waals surface area contributed by atoms with Crippen molar-refractivity contribution in [2.75, 3.05) is 23.4 Å². The molecule has 32 heavy (non-hydrogen) atoms. The number of hydrogen-bond donors (Lipinski definition) is 0. The molecule has 6 heteroatoms. The van der Waals surface area contributed by atoms with E-state index in [4.69, 9.17) is 4.99 Å². The van der Waals surface area contributed by atoms with E-state index in [2.05, 4.69) is 29.2 Å². The van der Waals surface area contributed by atoms with Gasteiger partial charge in [0.15, 0.2) is 5.17 Å². The number of thioether (sulfide) groups is 2. The summed E-state index contributed by atoms with van der Waals surface area (Å²) < 4.78 is 0. The fourth-order valence-corrected chi connectivity index (χ4v) is 6.18. The van der Waals surface area contributed by atoms with Gasteiger partial charge in [0.25, 0.3) is 5.91 Å². The average molecular weight is 458 g/mol. The van der Waals surface area contributed by atoms with E-state index >= 15 is 0 Å². The highest BCUT2D eigenvalue weighted by atomic mass is 32.2. The lowest BCUT2D eigenvalue weighted by Crippen LogP contribution is -2.29. The summed E-state index contributed by atoms with van der Waals surface area (Å²) in [4.78, 5) is 24.3. The first-order valence-electron chi connectivity index (χ1n) is 10.5. The number of fused-ring (bicyclic) bond motifs is 1. The molecule has 5 rings (SSSR count). The summed E-state index contributed by atoms with van der Waals surface area (Å²) in [6.07, 6.45) is 0.840. The van der Waals surface area contributed by atoms with E-state index in [1.165, 1.54) is 22.2 Å². The maximum atomic E-state index is 13.7. The molecular formula is C26H23N3OS2. The topological polar surface area (TPSA) is 35.9 Å². The highest BCUT2D eigenvalue weighted by molar-refractivity contribution is 8.20. The molecule has 0 radical (unpaired) electrons. The Morgan fingerprint density at radius 1 is 0.906 bits per heavy atom. The van der Waals surface area contributed by atoms with Crippen LogP contribution >= 0.6 is 23.5 Å². The minimum absolute atomic E-state index is 0.0128. The largest absolute Gasteiger partial charge is 0.337 e. The first kappa shape index (κ1) is 20.9. The number of nitrogens with zero attached hydrogens (tertiary/aromatic N) is 3. The minimum atomic E-state index is -0.0128. The van der Waals surface area contributed by atoms with Gasteiger partial charge in [0.2, 0.25) is 0 Å². The van der Waals surface area contributed by atoms with Gasteiger partial charge in [-0.1, -0.05) is 66.4 Å². The summed E-state index contributed by atoms with van der Waals surface area (Å²) in [5.74, 6) is -0.0128. The van der Waals surface area contributed by atoms with Gasteiger partial charge in [-0.2, -0.15) is 0 Å². The minimum Gasteiger partial charge on any atom is -0.337 e. The number of carbonyl (C=O) groups is 1. The molecule has 160 valence electrons. The lowest BCUT2D eigenvalue weighted by molar-refractivity contribution is -0.113. The van der Waals surface area contributed by atoms with Crippen molar-refractivity contribution in [3.05, 3.63) is 99.9 Å². The molecule has 0 unspecified atom stereocenters. The molecular weight excluding hydrogens is 434 g/mol. The van der Waals surface area contributed by atoms with Gasteiger partial charge in [-0.3, -0.25) is 14.7 Å². The molecule has 1 saturated heterocycles. The first-order chi connectivity index (χ1) is 15.6. The maximum absolute atomic E-state index is 13.7. The number of benzene rings is 3. The predicted octanol–water partition coefficient (Wildman–Crippen LogP) is 6.08. The Labute approximate surface area is 197 Å². The number of amides is 1. The van der Waals surface area contributed by atoms with E-state index in [1.54, 1.807) is 16.7 Å². The Morgan fingerprint density at radius 2 is 1.69 bits per heavy atom. The Hall–Kier alpha value is -2.96. The molecule has 2 aliphatic rings. The fraction of sp³-hybridized carbons (Fsp3) is 0.154. The van der Waals surface area contributed by atoms with E-state index in [-0.39, 0.29) is 5.91 Å². The van der Waals surface area contributed by atoms with Gasteiger partial charge in [-0.15, -0.1) is 0 Å². The zero-order valence-electron chi connectivity index (χ0n) is 18.0. The highest BCUT2D eigenvalue weighted by Crippen LogP contribution is 2.50. The summed E-state index contributed by atoms with van der Waals surface area (Å²) >= 11 is 3.13. The van der Waals surface area contributed by atoms with Crippen molar-refractivity contribution < 1.29 is 4.79 Å². The summed E-state index contributed by atoms with van der Waals surface area (Å²) in [5, 5.41) is 1.70. The van der Waals surface area contributed by atoms with Gasteiger partial charge in [0.1, 0.15) is 4.91 Å². The van der Waals surface area contributed by atoms with E-state index < -0.39 is 0 Å². The molecule has 3 aromatic rings. The molecule has 1 amide bonds. The maximum Gasteiger partial charge on any atom is 0.274 e. The second-order valence-corrected chi connectivity index (χ2v) is 9.75. The third-order valence-electron chi connectivity index (χ3n) is 5.46. The summed E-state index contributed by atoms with van der Waals surface area (Å²) in [6, 6.07) is 26.6. The summed E-state index contributed by atoms with van der Waals surface area (Å²) in [7, 11) is 2.02. The predicted molar refractivity (Wildman–Crippen MR) is 136 cm³/mol. The van der Waals surface area contributed by atoms with Gasteiger partial charge in [-0.05, 0) is 60.5 Å². The molecule has 4 nitrogen and oxygen atoms in total. The molecule has 0 saturated carbocycles. The van der Waals surface area contributed by atoms with Crippen LogP contribution in [-0.4, -0.2) is 24.7 Å². The van der Waals surface area contributed by atoms with Crippen molar-refractivity contribution >= 4 is 46.0 Å². The number of rotatable bonds is 4. The second kappa shape index (κ2) is 8.88. The zero-order valence-corrected chi connectivity index (χ0v) is 19.6. The van der Waals surface area contributed by atoms with Crippen molar-refractivity contribution in [2.24, 2.45) is 4.99 Å². The molecule has 0 aromatic heterocycles. The monoisotopic (exact) mass is 457 g/mol. The molecule has 0 bridgehead atoms. The third kappa shape index (κ3) is 3.96. The molecule has 2 heterocycles. The van der Waals surface area contributed by atoms with E-state index in [0.717, 1.165) is 38.5 Å². The van der Waals surface area contributed by atoms with Crippen LogP contribution in [0, 0.1) is 6.92 Å². The van der Waals surface area contributed by atoms with Crippen LogP contribution in [0.4, 0.5) is 11.4 Å². The Kier molecular flexibility index (Phi) is 5.81. The van der Waals surface area contributed by atoms with Crippen LogP contribution in [0.1, 0.15) is 11.1 Å². The van der Waals surface area contributed by atoms with Crippen molar-refractivity contribution in [3.8, 4) is 0 Å². The lowest BCUT2D eigenvalue weighted by atomic mass is 10.2. The molecule has 0 spiro atoms. The van der Waals surface area contributed by atoms with Gasteiger partial charge in [-0.25, -0.2) is 0 Å². The first-order valence-corrected chi connectivity index (χ1v) is 12.2. The van der Waals surface area contributed by atoms with Crippen LogP contribution in [0.15, 0.2) is 98.7 Å². The lowest BCUT2D eigenvalue weighted by Gasteiger charge is -2.17. The number of hydrogen-bond acceptors (Lipinski definition) is 5. The van der Waals surface area contributed by atoms with Gasteiger partial charge < -0.3 is 4.90 Å². The molecule has 2 aliphatic heterocycles. The smallest absolute Gasteiger partial charge is 0.274 e. The number of aliphatic imine (C=N–C) groups is 1. The number of amidine groups is 1. The quantitative estimate of drug-likeness (QED) is 0.445. The normalized spacial score (nSPS) is 19.2. The number of anilines is 2. The zero-order chi connectivity index (χ0) is 22.1. The van der Waals surface area contributed by atoms with Crippen molar-refractivity contribution in [3.63, 3.8) is 0 Å². The van der Waals surface area contributed by atoms with Crippen molar-refractivity contribution in [1.29, 1.82) is 0 Å². The van der Waals surface area contributed by atoms with E-state index in [0.29, 0.717) is 6.54 Å². The van der Waals surface area contributed by atoms with Crippen molar-refractivity contribution in [1.82, 2.24) is 0 Å². The van der Waals surface area contributed by atoms with Crippen LogP contribution in [0.2, 0.25) is 0 Å². The second-order valence-electron chi connectivity index (χ2n) is 7.74. The molecule has 0 N–H and O–H groups in total. The average Bonchev–Trinajstić information content (AvgIpc) is 3.31. The SMILES string of the molecule is Cc1cccc(N2C(=O)/C(=C3/Sc4ccccc4N3C)SC2=NCCc2ccccc2)c1. The molecule has 0 aliphatic carbocycles. The fourth-order valence-electron chi connectivity index (χ4n) is 3.83. The standard InChI is InChI=1S/C26H23N3OS2/c1-18-9-8-12-20(17-18)29-24(30)23(25-28(2)21-13-6-7-14-22(21)31-25)32-26(29)27-16-15-19-10-4-3-5-11-19/h3-14,17H,15-16H2,1-2H3/b25-23-,27-26?. The van der Waals surface area contributed by atoms with Crippen LogP contribution in [-0.2, 0) is 11.2 Å². The molecule has 1 fully saturated rings. The van der Waals surface area contributed by atoms with Gasteiger partial charge in [0, 0.05) is 18.5 Å². The third-order valence-corrected chi connectivity index (χ3v) is 7.90. The molecule has 0 atom stereocenters. The number of carbonyl (C=O) groups excluding carboxylic acids is 1. The van der Waals surface area contributed by atoms with Gasteiger partial charge in [0.05, 0.1) is 16.4 Å². The van der Waals surface area contributed by atoms with Gasteiger partial charge >= 0.3 is 0 Å². The summed E-state index contributed by atoms with van der Waals surface area (Å²) in [5.41, 5.74) is 4.35. The van der Waals surface area contributed by atoms with E-state index in [1.807, 2.05) is 68.6 Å². The highest BCUT2D eigenvalue weighted by Gasteiger charge is 2.39. The van der Waals surface area contributed by atoms with Crippen LogP contribution < -0.4 is 9.80 Å². The van der Waals surface area contributed by atoms with Crippen molar-refractivity contribution in [2.45, 2.75) is 18.2 Å². The van der Waals surface area contributed by atoms with E-state index in [9.17, 15) is 4.79 Å². The number of aryl methyl sites for hydroxylation is 1. The molecule has 3 aromatic carbocycles.